The van der Waals surface area contributed by atoms with Gasteiger partial charge in [-0.2, -0.15) is 0 Å². The molecule has 0 saturated carbocycles. The van der Waals surface area contributed by atoms with Crippen LogP contribution in [0, 0.1) is 5.39 Å². The molecule has 0 bridgehead atoms. The predicted octanol–water partition coefficient (Wildman–Crippen LogP) is 15.5. The molecule has 0 amide bonds. The minimum Gasteiger partial charge on any atom is -0.493 e. The molecular formula is C42H77N2O2+. The molecule has 0 aromatic heterocycles. The van der Waals surface area contributed by atoms with E-state index < -0.39 is 0 Å². The Kier molecular flexibility index (Phi) is 31.8. The lowest BCUT2D eigenvalue weighted by atomic mass is 10.0. The number of rotatable bonds is 36. The maximum atomic E-state index is 9.50. The highest BCUT2D eigenvalue weighted by molar-refractivity contribution is 5.60. The normalized spacial score (nSPS) is 11.2. The number of nitrogens with zero attached hydrogens (tertiary/aromatic N) is 2. The van der Waals surface area contributed by atoms with Crippen molar-refractivity contribution >= 4 is 5.69 Å². The average Bonchev–Trinajstić information content (AvgIpc) is 3.07. The summed E-state index contributed by atoms with van der Waals surface area (Å²) in [5.74, 6) is 1.39. The van der Waals surface area contributed by atoms with Crippen LogP contribution in [-0.4, -0.2) is 13.2 Å². The number of benzene rings is 1. The van der Waals surface area contributed by atoms with Crippen molar-refractivity contribution in [2.45, 2.75) is 219 Å². The number of diazo groups is 1. The van der Waals surface area contributed by atoms with E-state index in [1.54, 1.807) is 6.07 Å². The molecule has 0 aliphatic rings. The molecular weight excluding hydrogens is 564 g/mol. The van der Waals surface area contributed by atoms with Crippen LogP contribution >= 0.6 is 0 Å². The first-order chi connectivity index (χ1) is 22.8. The standard InChI is InChI=1S/C42H77N2O2/c1-3-5-7-9-11-13-15-17-19-21-23-25-27-29-31-33-37-45-40-35-36-42(41(39-40)44-43)46-38-34-32-30-28-26-24-22-20-18-16-14-12-10-8-6-4-2/h35-36,39H,3-34,37-38H2,1-2H3/q+1. The molecule has 266 valence electrons. The predicted molar refractivity (Wildman–Crippen MR) is 201 cm³/mol. The Labute approximate surface area is 287 Å². The number of hydrogen-bond acceptors (Lipinski definition) is 3. The lowest BCUT2D eigenvalue weighted by molar-refractivity contribution is 0.297. The van der Waals surface area contributed by atoms with E-state index in [4.69, 9.17) is 9.47 Å². The van der Waals surface area contributed by atoms with E-state index in [9.17, 15) is 5.39 Å². The molecule has 0 atom stereocenters. The van der Waals surface area contributed by atoms with Crippen molar-refractivity contribution in [3.63, 3.8) is 0 Å². The van der Waals surface area contributed by atoms with E-state index in [0.717, 1.165) is 18.6 Å². The van der Waals surface area contributed by atoms with E-state index in [-0.39, 0.29) is 0 Å². The highest BCUT2D eigenvalue weighted by Gasteiger charge is 2.16. The van der Waals surface area contributed by atoms with Crippen molar-refractivity contribution in [1.82, 2.24) is 0 Å². The average molecular weight is 642 g/mol. The maximum Gasteiger partial charge on any atom is 0.429 e. The smallest absolute Gasteiger partial charge is 0.429 e. The molecule has 1 rings (SSSR count). The molecule has 0 unspecified atom stereocenters. The largest absolute Gasteiger partial charge is 0.493 e. The first-order valence-electron chi connectivity index (χ1n) is 20.6. The molecule has 0 aliphatic carbocycles. The van der Waals surface area contributed by atoms with Crippen LogP contribution in [0.1, 0.15) is 219 Å². The summed E-state index contributed by atoms with van der Waals surface area (Å²) in [6.07, 6.45) is 43.8. The Morgan fingerprint density at radius 2 is 0.717 bits per heavy atom. The Balaban J connectivity index is 1.92. The fraction of sp³-hybridized carbons (Fsp3) is 0.857. The van der Waals surface area contributed by atoms with Gasteiger partial charge in [-0.25, -0.2) is 0 Å². The summed E-state index contributed by atoms with van der Waals surface area (Å²) in [5, 5.41) is 9.50. The zero-order valence-corrected chi connectivity index (χ0v) is 31.0. The van der Waals surface area contributed by atoms with E-state index in [0.29, 0.717) is 24.7 Å². The Hall–Kier alpha value is -1.76. The van der Waals surface area contributed by atoms with Gasteiger partial charge in [-0.3, -0.25) is 0 Å². The minimum atomic E-state index is 0.459. The zero-order chi connectivity index (χ0) is 33.0. The maximum absolute atomic E-state index is 9.50. The summed E-state index contributed by atoms with van der Waals surface area (Å²) >= 11 is 0. The molecule has 4 nitrogen and oxygen atoms in total. The van der Waals surface area contributed by atoms with Gasteiger partial charge in [-0.05, 0) is 25.0 Å². The molecule has 0 fully saturated rings. The van der Waals surface area contributed by atoms with Gasteiger partial charge < -0.3 is 9.47 Å². The van der Waals surface area contributed by atoms with E-state index in [1.165, 1.54) is 193 Å². The molecule has 1 aromatic rings. The van der Waals surface area contributed by atoms with E-state index in [1.807, 2.05) is 12.1 Å². The topological polar surface area (TPSA) is 46.6 Å². The van der Waals surface area contributed by atoms with Gasteiger partial charge in [0.2, 0.25) is 11.1 Å². The van der Waals surface area contributed by atoms with Gasteiger partial charge in [0.05, 0.1) is 19.3 Å². The molecule has 46 heavy (non-hydrogen) atoms. The first-order valence-corrected chi connectivity index (χ1v) is 20.6. The van der Waals surface area contributed by atoms with Crippen molar-refractivity contribution in [3.05, 3.63) is 23.2 Å². The summed E-state index contributed by atoms with van der Waals surface area (Å²) in [5.41, 5.74) is 0.459. The van der Waals surface area contributed by atoms with Crippen molar-refractivity contribution in [2.24, 2.45) is 0 Å². The molecule has 0 saturated heterocycles. The van der Waals surface area contributed by atoms with Crippen molar-refractivity contribution < 1.29 is 9.47 Å². The van der Waals surface area contributed by atoms with Crippen LogP contribution in [0.3, 0.4) is 0 Å². The van der Waals surface area contributed by atoms with Crippen LogP contribution in [-0.2, 0) is 0 Å². The van der Waals surface area contributed by atoms with Crippen LogP contribution in [0.5, 0.6) is 11.5 Å². The summed E-state index contributed by atoms with van der Waals surface area (Å²) in [6, 6.07) is 5.60. The number of hydrogen-bond donors (Lipinski definition) is 0. The fourth-order valence-corrected chi connectivity index (χ4v) is 6.46. The SMILES string of the molecule is CCCCCCCCCCCCCCCCCCOc1ccc(OCCCCCCCCCCCCCCCCCC)c([N+]#N)c1. The zero-order valence-electron chi connectivity index (χ0n) is 31.0. The van der Waals surface area contributed by atoms with Gasteiger partial charge in [0.1, 0.15) is 5.75 Å². The van der Waals surface area contributed by atoms with Crippen LogP contribution < -0.4 is 9.47 Å². The quantitative estimate of drug-likeness (QED) is 0.0541. The third-order valence-electron chi connectivity index (χ3n) is 9.56. The summed E-state index contributed by atoms with van der Waals surface area (Å²) in [4.78, 5) is 3.45. The van der Waals surface area contributed by atoms with Crippen molar-refractivity contribution in [2.75, 3.05) is 13.2 Å². The van der Waals surface area contributed by atoms with Gasteiger partial charge in [0.25, 0.3) is 0 Å². The molecule has 0 heterocycles. The third-order valence-corrected chi connectivity index (χ3v) is 9.56. The van der Waals surface area contributed by atoms with Crippen LogP contribution in [0.4, 0.5) is 5.69 Å². The van der Waals surface area contributed by atoms with E-state index >= 15 is 0 Å². The number of ether oxygens (including phenoxy) is 2. The van der Waals surface area contributed by atoms with Crippen molar-refractivity contribution in [3.8, 4) is 11.5 Å². The minimum absolute atomic E-state index is 0.459. The molecule has 1 aromatic carbocycles. The first kappa shape index (κ1) is 42.3. The molecule has 0 aliphatic heterocycles. The molecule has 0 N–H and O–H groups in total. The Bertz CT molecular complexity index is 805. The highest BCUT2D eigenvalue weighted by atomic mass is 16.5. The Morgan fingerprint density at radius 3 is 1.04 bits per heavy atom. The van der Waals surface area contributed by atoms with Gasteiger partial charge in [-0.1, -0.05) is 206 Å². The third kappa shape index (κ3) is 27.4. The molecule has 0 radical (unpaired) electrons. The second kappa shape index (κ2) is 34.6. The van der Waals surface area contributed by atoms with Gasteiger partial charge in [0.15, 0.2) is 4.98 Å². The van der Waals surface area contributed by atoms with Gasteiger partial charge >= 0.3 is 5.69 Å². The van der Waals surface area contributed by atoms with Gasteiger partial charge in [-0.15, -0.1) is 0 Å². The number of unbranched alkanes of at least 4 members (excludes halogenated alkanes) is 30. The lowest BCUT2D eigenvalue weighted by Gasteiger charge is -2.08. The van der Waals surface area contributed by atoms with Crippen molar-refractivity contribution in [1.29, 1.82) is 5.39 Å². The van der Waals surface area contributed by atoms with Crippen LogP contribution in [0.25, 0.3) is 4.98 Å². The van der Waals surface area contributed by atoms with Crippen LogP contribution in [0.2, 0.25) is 0 Å². The van der Waals surface area contributed by atoms with E-state index in [2.05, 4.69) is 18.8 Å². The second-order valence-electron chi connectivity index (χ2n) is 14.0. The summed E-state index contributed by atoms with van der Waals surface area (Å²) in [7, 11) is 0. The summed E-state index contributed by atoms with van der Waals surface area (Å²) in [6.45, 7) is 5.96. The second-order valence-corrected chi connectivity index (χ2v) is 14.0. The Morgan fingerprint density at radius 1 is 0.413 bits per heavy atom. The molecule has 4 heteroatoms. The summed E-state index contributed by atoms with van der Waals surface area (Å²) < 4.78 is 11.9. The fourth-order valence-electron chi connectivity index (χ4n) is 6.46. The molecule has 0 spiro atoms. The van der Waals surface area contributed by atoms with Gasteiger partial charge in [0, 0.05) is 0 Å². The monoisotopic (exact) mass is 642 g/mol. The highest BCUT2D eigenvalue weighted by Crippen LogP contribution is 2.32. The lowest BCUT2D eigenvalue weighted by Crippen LogP contribution is -1.99. The van der Waals surface area contributed by atoms with Crippen LogP contribution in [0.15, 0.2) is 18.2 Å².